The number of piperazine rings is 1. The minimum absolute atomic E-state index is 0.0320. The van der Waals surface area contributed by atoms with Gasteiger partial charge in [0.15, 0.2) is 0 Å². The van der Waals surface area contributed by atoms with Gasteiger partial charge in [-0.1, -0.05) is 20.3 Å². The third kappa shape index (κ3) is 4.76. The molecule has 2 atom stereocenters. The summed E-state index contributed by atoms with van der Waals surface area (Å²) >= 11 is 0. The molecule has 0 radical (unpaired) electrons. The lowest BCUT2D eigenvalue weighted by Gasteiger charge is -2.37. The van der Waals surface area contributed by atoms with Crippen LogP contribution in [0.5, 0.6) is 0 Å². The molecule has 1 heterocycles. The number of hydrogen-bond donors (Lipinski definition) is 1. The Morgan fingerprint density at radius 2 is 2.10 bits per heavy atom. The summed E-state index contributed by atoms with van der Waals surface area (Å²) < 4.78 is 10.4. The van der Waals surface area contributed by atoms with E-state index in [0.29, 0.717) is 26.4 Å². The summed E-state index contributed by atoms with van der Waals surface area (Å²) in [6.45, 7) is 6.31. The van der Waals surface area contributed by atoms with Crippen molar-refractivity contribution in [3.63, 3.8) is 0 Å². The van der Waals surface area contributed by atoms with Gasteiger partial charge in [0.05, 0.1) is 13.2 Å². The second kappa shape index (κ2) is 8.92. The topological polar surface area (TPSA) is 67.9 Å². The van der Waals surface area contributed by atoms with Crippen molar-refractivity contribution in [1.82, 2.24) is 10.2 Å². The molecule has 0 aromatic carbocycles. The zero-order valence-corrected chi connectivity index (χ0v) is 12.7. The largest absolute Gasteiger partial charge is 0.385 e. The Morgan fingerprint density at radius 3 is 2.75 bits per heavy atom. The normalized spacial score (nSPS) is 20.9. The van der Waals surface area contributed by atoms with Gasteiger partial charge in [-0.05, 0) is 12.3 Å². The van der Waals surface area contributed by atoms with Gasteiger partial charge in [-0.3, -0.25) is 9.59 Å². The summed E-state index contributed by atoms with van der Waals surface area (Å²) in [6, 6.07) is -0.371. The van der Waals surface area contributed by atoms with Crippen molar-refractivity contribution in [2.24, 2.45) is 5.92 Å². The predicted molar refractivity (Wildman–Crippen MR) is 75.3 cm³/mol. The Kier molecular flexibility index (Phi) is 7.54. The van der Waals surface area contributed by atoms with Crippen LogP contribution in [0.2, 0.25) is 0 Å². The van der Waals surface area contributed by atoms with Gasteiger partial charge in [-0.2, -0.15) is 0 Å². The fourth-order valence-electron chi connectivity index (χ4n) is 2.29. The van der Waals surface area contributed by atoms with E-state index < -0.39 is 0 Å². The average molecular weight is 286 g/mol. The van der Waals surface area contributed by atoms with Crippen LogP contribution in [0.25, 0.3) is 0 Å². The molecule has 1 rings (SSSR count). The van der Waals surface area contributed by atoms with Crippen LogP contribution in [0.4, 0.5) is 0 Å². The van der Waals surface area contributed by atoms with Crippen LogP contribution < -0.4 is 5.32 Å². The highest BCUT2D eigenvalue weighted by Crippen LogP contribution is 2.17. The standard InChI is InChI=1S/C14H26N2O4/c1-4-11(2)13-14(18)15-10-12(17)16(13)6-9-20-8-5-7-19-3/h11,13H,4-10H2,1-3H3,(H,15,18). The van der Waals surface area contributed by atoms with Gasteiger partial charge < -0.3 is 19.7 Å². The van der Waals surface area contributed by atoms with Crippen LogP contribution in [0.1, 0.15) is 26.7 Å². The maximum absolute atomic E-state index is 12.0. The van der Waals surface area contributed by atoms with E-state index in [-0.39, 0.29) is 30.3 Å². The molecule has 0 bridgehead atoms. The lowest BCUT2D eigenvalue weighted by atomic mass is 9.95. The van der Waals surface area contributed by atoms with Crippen molar-refractivity contribution in [3.8, 4) is 0 Å². The van der Waals surface area contributed by atoms with E-state index in [1.165, 1.54) is 0 Å². The monoisotopic (exact) mass is 286 g/mol. The third-order valence-electron chi connectivity index (χ3n) is 3.64. The van der Waals surface area contributed by atoms with Crippen molar-refractivity contribution in [1.29, 1.82) is 0 Å². The highest BCUT2D eigenvalue weighted by molar-refractivity contribution is 5.95. The number of nitrogens with zero attached hydrogens (tertiary/aromatic N) is 1. The molecular weight excluding hydrogens is 260 g/mol. The Bertz CT molecular complexity index is 322. The molecule has 6 heteroatoms. The van der Waals surface area contributed by atoms with Crippen LogP contribution in [0, 0.1) is 5.92 Å². The summed E-state index contributed by atoms with van der Waals surface area (Å²) in [7, 11) is 1.65. The lowest BCUT2D eigenvalue weighted by Crippen LogP contribution is -2.61. The second-order valence-electron chi connectivity index (χ2n) is 5.09. The van der Waals surface area contributed by atoms with Crippen molar-refractivity contribution in [3.05, 3.63) is 0 Å². The molecule has 0 spiro atoms. The number of carbonyl (C=O) groups excluding carboxylic acids is 2. The number of ether oxygens (including phenoxy) is 2. The van der Waals surface area contributed by atoms with Crippen molar-refractivity contribution < 1.29 is 19.1 Å². The predicted octanol–water partition coefficient (Wildman–Crippen LogP) is 0.413. The number of hydrogen-bond acceptors (Lipinski definition) is 4. The first-order valence-corrected chi connectivity index (χ1v) is 7.25. The van der Waals surface area contributed by atoms with E-state index in [9.17, 15) is 9.59 Å². The Balaban J connectivity index is 2.45. The highest BCUT2D eigenvalue weighted by Gasteiger charge is 2.36. The van der Waals surface area contributed by atoms with E-state index in [1.807, 2.05) is 13.8 Å². The minimum atomic E-state index is -0.371. The lowest BCUT2D eigenvalue weighted by molar-refractivity contribution is -0.148. The van der Waals surface area contributed by atoms with Crippen molar-refractivity contribution in [2.75, 3.05) is 40.0 Å². The Labute approximate surface area is 120 Å². The van der Waals surface area contributed by atoms with Gasteiger partial charge >= 0.3 is 0 Å². The van der Waals surface area contributed by atoms with E-state index in [1.54, 1.807) is 12.0 Å². The molecule has 1 fully saturated rings. The number of methoxy groups -OCH3 is 1. The first-order chi connectivity index (χ1) is 9.61. The van der Waals surface area contributed by atoms with Crippen LogP contribution >= 0.6 is 0 Å². The summed E-state index contributed by atoms with van der Waals surface area (Å²) in [4.78, 5) is 25.6. The summed E-state index contributed by atoms with van der Waals surface area (Å²) in [5.74, 6) is 0.0569. The zero-order chi connectivity index (χ0) is 15.0. The average Bonchev–Trinajstić information content (AvgIpc) is 2.45. The molecule has 0 aromatic rings. The molecule has 6 nitrogen and oxygen atoms in total. The van der Waals surface area contributed by atoms with Crippen LogP contribution in [0.3, 0.4) is 0 Å². The fraction of sp³-hybridized carbons (Fsp3) is 0.857. The molecule has 1 aliphatic rings. The summed E-state index contributed by atoms with van der Waals surface area (Å²) in [5, 5.41) is 2.66. The summed E-state index contributed by atoms with van der Waals surface area (Å²) in [5.41, 5.74) is 0. The maximum Gasteiger partial charge on any atom is 0.243 e. The molecule has 116 valence electrons. The van der Waals surface area contributed by atoms with Gasteiger partial charge in [0.1, 0.15) is 6.04 Å². The first kappa shape index (κ1) is 16.9. The molecule has 0 saturated carbocycles. The highest BCUT2D eigenvalue weighted by atomic mass is 16.5. The van der Waals surface area contributed by atoms with Crippen molar-refractivity contribution >= 4 is 11.8 Å². The molecule has 2 unspecified atom stereocenters. The zero-order valence-electron chi connectivity index (χ0n) is 12.7. The van der Waals surface area contributed by atoms with Crippen molar-refractivity contribution in [2.45, 2.75) is 32.7 Å². The van der Waals surface area contributed by atoms with Gasteiger partial charge in [0, 0.05) is 26.9 Å². The molecule has 1 aliphatic heterocycles. The number of nitrogens with one attached hydrogen (secondary N) is 1. The van der Waals surface area contributed by atoms with E-state index in [4.69, 9.17) is 9.47 Å². The van der Waals surface area contributed by atoms with Gasteiger partial charge in [0.2, 0.25) is 11.8 Å². The smallest absolute Gasteiger partial charge is 0.243 e. The molecular formula is C14H26N2O4. The maximum atomic E-state index is 12.0. The molecule has 20 heavy (non-hydrogen) atoms. The molecule has 0 aromatic heterocycles. The van der Waals surface area contributed by atoms with E-state index >= 15 is 0 Å². The number of amides is 2. The van der Waals surface area contributed by atoms with Crippen LogP contribution in [-0.4, -0.2) is 62.8 Å². The molecule has 0 aliphatic carbocycles. The van der Waals surface area contributed by atoms with Gasteiger partial charge in [-0.25, -0.2) is 0 Å². The quantitative estimate of drug-likeness (QED) is 0.624. The molecule has 1 saturated heterocycles. The minimum Gasteiger partial charge on any atom is -0.385 e. The first-order valence-electron chi connectivity index (χ1n) is 7.25. The van der Waals surface area contributed by atoms with E-state index in [0.717, 1.165) is 12.8 Å². The number of carbonyl (C=O) groups is 2. The Hall–Kier alpha value is -1.14. The second-order valence-corrected chi connectivity index (χ2v) is 5.09. The SMILES string of the molecule is CCC(C)C1C(=O)NCC(=O)N1CCOCCCOC. The molecule has 1 N–H and O–H groups in total. The number of rotatable bonds is 9. The van der Waals surface area contributed by atoms with Crippen LogP contribution in [0.15, 0.2) is 0 Å². The fourth-order valence-corrected chi connectivity index (χ4v) is 2.29. The third-order valence-corrected chi connectivity index (χ3v) is 3.64. The van der Waals surface area contributed by atoms with Gasteiger partial charge in [-0.15, -0.1) is 0 Å². The summed E-state index contributed by atoms with van der Waals surface area (Å²) in [6.07, 6.45) is 1.69. The van der Waals surface area contributed by atoms with Crippen LogP contribution in [-0.2, 0) is 19.1 Å². The van der Waals surface area contributed by atoms with E-state index in [2.05, 4.69) is 5.32 Å². The molecule has 2 amide bonds. The Morgan fingerprint density at radius 1 is 1.35 bits per heavy atom. The van der Waals surface area contributed by atoms with Gasteiger partial charge in [0.25, 0.3) is 0 Å².